The van der Waals surface area contributed by atoms with Crippen molar-refractivity contribution in [2.45, 2.75) is 36.5 Å². The minimum absolute atomic E-state index is 0.286. The van der Waals surface area contributed by atoms with Gasteiger partial charge in [-0.3, -0.25) is 4.90 Å². The van der Waals surface area contributed by atoms with Gasteiger partial charge in [-0.1, -0.05) is 32.0 Å². The van der Waals surface area contributed by atoms with E-state index >= 15 is 8.78 Å². The number of halogens is 2. The first-order valence-electron chi connectivity index (χ1n) is 7.66. The monoisotopic (exact) mass is 347 g/mol. The van der Waals surface area contributed by atoms with E-state index in [1.165, 1.54) is 31.2 Å². The number of benzene rings is 1. The van der Waals surface area contributed by atoms with Gasteiger partial charge in [-0.2, -0.15) is 8.78 Å². The average molecular weight is 347 g/mol. The summed E-state index contributed by atoms with van der Waals surface area (Å²) in [6.45, 7) is 5.81. The molecule has 0 bridgehead atoms. The molecule has 1 saturated heterocycles. The number of alkyl halides is 2. The highest BCUT2D eigenvalue weighted by atomic mass is 32.2. The molecule has 0 N–H and O–H groups in total. The SMILES string of the molecule is CC(C)C(C)(N1CCOCC1)C(F)(F)S(=O)(=O)c1ccccc1. The van der Waals surface area contributed by atoms with E-state index in [1.54, 1.807) is 24.8 Å². The summed E-state index contributed by atoms with van der Waals surface area (Å²) in [5.74, 6) is -0.561. The first-order valence-corrected chi connectivity index (χ1v) is 9.14. The summed E-state index contributed by atoms with van der Waals surface area (Å²) < 4.78 is 61.1. The number of ether oxygens (including phenoxy) is 1. The molecule has 23 heavy (non-hydrogen) atoms. The molecule has 1 fully saturated rings. The highest BCUT2D eigenvalue weighted by molar-refractivity contribution is 7.92. The molecule has 0 aromatic heterocycles. The van der Waals surface area contributed by atoms with Gasteiger partial charge < -0.3 is 4.74 Å². The minimum Gasteiger partial charge on any atom is -0.379 e. The van der Waals surface area contributed by atoms with Gasteiger partial charge in [0.05, 0.1) is 18.1 Å². The number of hydrogen-bond donors (Lipinski definition) is 0. The van der Waals surface area contributed by atoms with Crippen molar-refractivity contribution in [3.8, 4) is 0 Å². The van der Waals surface area contributed by atoms with Gasteiger partial charge in [0, 0.05) is 13.1 Å². The van der Waals surface area contributed by atoms with Gasteiger partial charge in [0.2, 0.25) is 9.84 Å². The Morgan fingerprint density at radius 3 is 2.13 bits per heavy atom. The van der Waals surface area contributed by atoms with Crippen molar-refractivity contribution in [3.05, 3.63) is 30.3 Å². The molecule has 4 nitrogen and oxygen atoms in total. The first-order chi connectivity index (χ1) is 10.7. The molecule has 0 spiro atoms. The Bertz CT molecular complexity index is 628. The van der Waals surface area contributed by atoms with Crippen molar-refractivity contribution in [3.63, 3.8) is 0 Å². The van der Waals surface area contributed by atoms with Gasteiger partial charge in [-0.25, -0.2) is 8.42 Å². The van der Waals surface area contributed by atoms with Crippen molar-refractivity contribution in [1.29, 1.82) is 0 Å². The highest BCUT2D eigenvalue weighted by Gasteiger charge is 2.64. The summed E-state index contributed by atoms with van der Waals surface area (Å²) in [5.41, 5.74) is -1.81. The smallest absolute Gasteiger partial charge is 0.367 e. The van der Waals surface area contributed by atoms with Gasteiger partial charge in [0.15, 0.2) is 0 Å². The van der Waals surface area contributed by atoms with Crippen LogP contribution in [-0.2, 0) is 14.6 Å². The quantitative estimate of drug-likeness (QED) is 0.822. The van der Waals surface area contributed by atoms with Crippen molar-refractivity contribution in [2.24, 2.45) is 5.92 Å². The first kappa shape index (κ1) is 18.3. The zero-order chi connectivity index (χ0) is 17.3. The van der Waals surface area contributed by atoms with Crippen LogP contribution in [-0.4, -0.2) is 50.4 Å². The van der Waals surface area contributed by atoms with E-state index in [0.29, 0.717) is 13.2 Å². The lowest BCUT2D eigenvalue weighted by atomic mass is 9.86. The zero-order valence-corrected chi connectivity index (χ0v) is 14.4. The maximum absolute atomic E-state index is 15.3. The molecule has 0 aliphatic carbocycles. The second kappa shape index (κ2) is 6.45. The fourth-order valence-corrected chi connectivity index (χ4v) is 4.65. The van der Waals surface area contributed by atoms with Crippen LogP contribution in [0.5, 0.6) is 0 Å². The number of nitrogens with zero attached hydrogens (tertiary/aromatic N) is 1. The molecule has 1 unspecified atom stereocenters. The van der Waals surface area contributed by atoms with E-state index in [4.69, 9.17) is 4.74 Å². The Hall–Kier alpha value is -1.05. The van der Waals surface area contributed by atoms with Crippen LogP contribution in [0.1, 0.15) is 20.8 Å². The molecule has 130 valence electrons. The third kappa shape index (κ3) is 2.90. The lowest BCUT2D eigenvalue weighted by Gasteiger charge is -2.49. The average Bonchev–Trinajstić information content (AvgIpc) is 2.55. The third-order valence-electron chi connectivity index (χ3n) is 4.77. The van der Waals surface area contributed by atoms with Gasteiger partial charge in [-0.05, 0) is 25.0 Å². The lowest BCUT2D eigenvalue weighted by Crippen LogP contribution is -2.66. The van der Waals surface area contributed by atoms with Gasteiger partial charge in [0.25, 0.3) is 0 Å². The van der Waals surface area contributed by atoms with E-state index in [1.807, 2.05) is 0 Å². The molecule has 1 heterocycles. The van der Waals surface area contributed by atoms with Crippen molar-refractivity contribution >= 4 is 9.84 Å². The fraction of sp³-hybridized carbons (Fsp3) is 0.625. The van der Waals surface area contributed by atoms with Crippen molar-refractivity contribution in [1.82, 2.24) is 4.90 Å². The second-order valence-electron chi connectivity index (χ2n) is 6.23. The lowest BCUT2D eigenvalue weighted by molar-refractivity contribution is -0.128. The highest BCUT2D eigenvalue weighted by Crippen LogP contribution is 2.46. The predicted octanol–water partition coefficient (Wildman–Crippen LogP) is 2.80. The Labute approximate surface area is 136 Å². The van der Waals surface area contributed by atoms with Crippen LogP contribution in [0, 0.1) is 5.92 Å². The Morgan fingerprint density at radius 1 is 1.13 bits per heavy atom. The molecule has 1 aliphatic heterocycles. The molecule has 0 saturated carbocycles. The largest absolute Gasteiger partial charge is 0.379 e. The molecule has 1 aliphatic rings. The Balaban J connectivity index is 2.52. The van der Waals surface area contributed by atoms with E-state index < -0.39 is 26.5 Å². The third-order valence-corrected chi connectivity index (χ3v) is 6.75. The van der Waals surface area contributed by atoms with E-state index in [9.17, 15) is 8.42 Å². The van der Waals surface area contributed by atoms with Crippen LogP contribution in [0.3, 0.4) is 0 Å². The molecule has 2 rings (SSSR count). The van der Waals surface area contributed by atoms with Gasteiger partial charge >= 0.3 is 5.25 Å². The van der Waals surface area contributed by atoms with E-state index in [2.05, 4.69) is 0 Å². The summed E-state index contributed by atoms with van der Waals surface area (Å²) in [6, 6.07) is 6.92. The van der Waals surface area contributed by atoms with Gasteiger partial charge in [0.1, 0.15) is 5.54 Å². The molecular weight excluding hydrogens is 324 g/mol. The maximum atomic E-state index is 15.3. The molecule has 1 aromatic carbocycles. The number of hydrogen-bond acceptors (Lipinski definition) is 4. The molecule has 1 aromatic rings. The Morgan fingerprint density at radius 2 is 1.65 bits per heavy atom. The van der Waals surface area contributed by atoms with Crippen LogP contribution in [0.4, 0.5) is 8.78 Å². The molecule has 7 heteroatoms. The number of sulfone groups is 1. The summed E-state index contributed by atoms with van der Waals surface area (Å²) >= 11 is 0. The molecule has 0 radical (unpaired) electrons. The van der Waals surface area contributed by atoms with Crippen molar-refractivity contribution in [2.75, 3.05) is 26.3 Å². The Kier molecular flexibility index (Phi) is 5.13. The van der Waals surface area contributed by atoms with Crippen molar-refractivity contribution < 1.29 is 21.9 Å². The summed E-state index contributed by atoms with van der Waals surface area (Å²) in [4.78, 5) is 1.19. The standard InChI is InChI=1S/C16H23F2NO3S/c1-13(2)15(3,19-9-11-22-12-10-19)16(17,18)23(20,21)14-7-5-4-6-8-14/h4-8,13H,9-12H2,1-3H3. The maximum Gasteiger partial charge on any atom is 0.367 e. The zero-order valence-electron chi connectivity index (χ0n) is 13.6. The van der Waals surface area contributed by atoms with Crippen LogP contribution in [0.15, 0.2) is 35.2 Å². The second-order valence-corrected chi connectivity index (χ2v) is 8.23. The summed E-state index contributed by atoms with van der Waals surface area (Å²) in [6.07, 6.45) is 0. The number of morpholine rings is 1. The molecule has 1 atom stereocenters. The topological polar surface area (TPSA) is 46.6 Å². The molecule has 0 amide bonds. The fourth-order valence-electron chi connectivity index (χ4n) is 2.93. The predicted molar refractivity (Wildman–Crippen MR) is 84.2 cm³/mol. The normalized spacial score (nSPS) is 20.4. The van der Waals surface area contributed by atoms with Crippen LogP contribution in [0.2, 0.25) is 0 Å². The van der Waals surface area contributed by atoms with Crippen LogP contribution in [0.25, 0.3) is 0 Å². The van der Waals surface area contributed by atoms with E-state index in [-0.39, 0.29) is 18.0 Å². The van der Waals surface area contributed by atoms with Crippen LogP contribution < -0.4 is 0 Å². The summed E-state index contributed by atoms with van der Waals surface area (Å²) in [7, 11) is -4.81. The summed E-state index contributed by atoms with van der Waals surface area (Å²) in [5, 5.41) is -3.92. The minimum atomic E-state index is -4.81. The number of rotatable bonds is 5. The molecular formula is C16H23F2NO3S. The van der Waals surface area contributed by atoms with Crippen LogP contribution >= 0.6 is 0 Å². The van der Waals surface area contributed by atoms with Gasteiger partial charge in [-0.15, -0.1) is 0 Å². The van der Waals surface area contributed by atoms with E-state index in [0.717, 1.165) is 0 Å².